The minimum Gasteiger partial charge on any atom is -0.492 e. The van der Waals surface area contributed by atoms with Crippen molar-refractivity contribution in [2.24, 2.45) is 11.3 Å². The van der Waals surface area contributed by atoms with E-state index in [0.29, 0.717) is 29.2 Å². The van der Waals surface area contributed by atoms with Gasteiger partial charge in [-0.25, -0.2) is 8.78 Å². The summed E-state index contributed by atoms with van der Waals surface area (Å²) in [6.07, 6.45) is 9.68. The van der Waals surface area contributed by atoms with Crippen LogP contribution >= 0.6 is 0 Å². The van der Waals surface area contributed by atoms with Crippen molar-refractivity contribution in [3.63, 3.8) is 0 Å². The molecule has 0 aromatic heterocycles. The fourth-order valence-electron chi connectivity index (χ4n) is 6.43. The third-order valence-electron chi connectivity index (χ3n) is 9.88. The van der Waals surface area contributed by atoms with E-state index < -0.39 is 11.6 Å². The van der Waals surface area contributed by atoms with Gasteiger partial charge in [0.05, 0.1) is 6.61 Å². The van der Waals surface area contributed by atoms with Gasteiger partial charge >= 0.3 is 0 Å². The Bertz CT molecular complexity index is 1230. The summed E-state index contributed by atoms with van der Waals surface area (Å²) in [5, 5.41) is 0. The van der Waals surface area contributed by atoms with E-state index >= 15 is 8.78 Å². The van der Waals surface area contributed by atoms with Crippen LogP contribution in [-0.2, 0) is 12.8 Å². The highest BCUT2D eigenvalue weighted by molar-refractivity contribution is 5.73. The molecule has 40 heavy (non-hydrogen) atoms. The number of aryl methyl sites for hydroxylation is 2. The van der Waals surface area contributed by atoms with E-state index in [1.54, 1.807) is 12.1 Å². The van der Waals surface area contributed by atoms with Crippen LogP contribution in [0.3, 0.4) is 0 Å². The van der Waals surface area contributed by atoms with Gasteiger partial charge in [0, 0.05) is 16.5 Å². The van der Waals surface area contributed by atoms with Gasteiger partial charge in [0.1, 0.15) is 5.75 Å². The highest BCUT2D eigenvalue weighted by Gasteiger charge is 2.26. The average Bonchev–Trinajstić information content (AvgIpc) is 2.99. The van der Waals surface area contributed by atoms with Gasteiger partial charge in [0.2, 0.25) is 0 Å². The zero-order chi connectivity index (χ0) is 28.9. The van der Waals surface area contributed by atoms with Crippen LogP contribution in [-0.4, -0.2) is 6.61 Å². The summed E-state index contributed by atoms with van der Waals surface area (Å²) in [5.74, 6) is 0.719. The smallest absolute Gasteiger partial charge is 0.167 e. The lowest BCUT2D eigenvalue weighted by atomic mass is 9.79. The van der Waals surface area contributed by atoms with Crippen molar-refractivity contribution >= 4 is 0 Å². The van der Waals surface area contributed by atoms with Crippen molar-refractivity contribution in [2.45, 2.75) is 105 Å². The van der Waals surface area contributed by atoms with Crippen molar-refractivity contribution in [2.75, 3.05) is 6.61 Å². The largest absolute Gasteiger partial charge is 0.492 e. The molecule has 1 aliphatic carbocycles. The number of benzene rings is 3. The van der Waals surface area contributed by atoms with E-state index in [1.165, 1.54) is 31.2 Å². The minimum atomic E-state index is -0.789. The SMILES string of the molecule is CCc1cc(-c2ccc(-c3ccc(C4CCC(C)CC4)cc3)c(F)c2F)cc(CC)c1OCC(CC)(CC)CC. The van der Waals surface area contributed by atoms with Crippen LogP contribution in [0.1, 0.15) is 109 Å². The van der Waals surface area contributed by atoms with E-state index in [2.05, 4.69) is 53.7 Å². The molecule has 0 spiro atoms. The van der Waals surface area contributed by atoms with Crippen LogP contribution in [0.4, 0.5) is 8.78 Å². The van der Waals surface area contributed by atoms with Crippen molar-refractivity contribution in [1.29, 1.82) is 0 Å². The summed E-state index contributed by atoms with van der Waals surface area (Å²) in [6, 6.07) is 15.5. The van der Waals surface area contributed by atoms with Crippen LogP contribution in [0.5, 0.6) is 5.75 Å². The van der Waals surface area contributed by atoms with Crippen molar-refractivity contribution < 1.29 is 13.5 Å². The Labute approximate surface area is 241 Å². The van der Waals surface area contributed by atoms with Crippen molar-refractivity contribution in [3.8, 4) is 28.0 Å². The van der Waals surface area contributed by atoms with Gasteiger partial charge in [-0.05, 0) is 96.7 Å². The normalized spacial score (nSPS) is 17.7. The molecule has 1 saturated carbocycles. The van der Waals surface area contributed by atoms with Gasteiger partial charge < -0.3 is 4.74 Å². The first kappa shape index (κ1) is 30.3. The molecule has 4 rings (SSSR count). The second-order valence-corrected chi connectivity index (χ2v) is 12.0. The average molecular weight is 547 g/mol. The highest BCUT2D eigenvalue weighted by atomic mass is 19.2. The Kier molecular flexibility index (Phi) is 10.1. The third-order valence-corrected chi connectivity index (χ3v) is 9.88. The van der Waals surface area contributed by atoms with Gasteiger partial charge in [-0.1, -0.05) is 90.8 Å². The quantitative estimate of drug-likeness (QED) is 0.232. The number of rotatable bonds is 11. The Morgan fingerprint density at radius 3 is 1.68 bits per heavy atom. The molecule has 0 aliphatic heterocycles. The predicted octanol–water partition coefficient (Wildman–Crippen LogP) is 11.3. The number of ether oxygens (including phenoxy) is 1. The molecule has 1 aliphatic rings. The molecule has 1 nitrogen and oxygen atoms in total. The van der Waals surface area contributed by atoms with Crippen molar-refractivity contribution in [1.82, 2.24) is 0 Å². The lowest BCUT2D eigenvalue weighted by Crippen LogP contribution is -2.27. The molecule has 0 unspecified atom stereocenters. The van der Waals surface area contributed by atoms with Gasteiger partial charge in [-0.15, -0.1) is 0 Å². The lowest BCUT2D eigenvalue weighted by molar-refractivity contribution is 0.126. The fraction of sp³-hybridized carbons (Fsp3) is 0.514. The van der Waals surface area contributed by atoms with Crippen LogP contribution in [0.25, 0.3) is 22.3 Å². The molecule has 0 atom stereocenters. The molecule has 0 saturated heterocycles. The fourth-order valence-corrected chi connectivity index (χ4v) is 6.43. The molecule has 0 amide bonds. The van der Waals surface area contributed by atoms with E-state index in [-0.39, 0.29) is 5.41 Å². The molecule has 0 radical (unpaired) electrons. The second-order valence-electron chi connectivity index (χ2n) is 12.0. The van der Waals surface area contributed by atoms with Crippen LogP contribution in [0, 0.1) is 23.0 Å². The first-order valence-electron chi connectivity index (χ1n) is 15.7. The van der Waals surface area contributed by atoms with Gasteiger partial charge in [-0.2, -0.15) is 0 Å². The summed E-state index contributed by atoms with van der Waals surface area (Å²) < 4.78 is 37.7. The standard InChI is InChI=1S/C37H48F2O/c1-7-26-22-31(23-27(8-2)36(26)40-24-37(9-3,10-4)11-5)33-21-20-32(34(38)35(33)39)30-18-16-29(17-19-30)28-14-12-25(6)13-15-28/h16-23,25,28H,7-15,24H2,1-6H3. The number of halogens is 2. The topological polar surface area (TPSA) is 9.23 Å². The molecule has 0 bridgehead atoms. The zero-order valence-corrected chi connectivity index (χ0v) is 25.5. The molecule has 3 aromatic rings. The summed E-state index contributed by atoms with van der Waals surface area (Å²) in [7, 11) is 0. The van der Waals surface area contributed by atoms with E-state index in [1.807, 2.05) is 24.3 Å². The highest BCUT2D eigenvalue weighted by Crippen LogP contribution is 2.39. The monoisotopic (exact) mass is 546 g/mol. The van der Waals surface area contributed by atoms with Gasteiger partial charge in [0.25, 0.3) is 0 Å². The molecule has 3 aromatic carbocycles. The minimum absolute atomic E-state index is 0.160. The molecule has 216 valence electrons. The molecular weight excluding hydrogens is 498 g/mol. The van der Waals surface area contributed by atoms with Crippen LogP contribution in [0.2, 0.25) is 0 Å². The van der Waals surface area contributed by atoms with Gasteiger partial charge in [0.15, 0.2) is 11.6 Å². The molecule has 3 heteroatoms. The maximum absolute atomic E-state index is 15.6. The summed E-state index contributed by atoms with van der Waals surface area (Å²) in [5.41, 5.74) is 5.59. The Morgan fingerprint density at radius 1 is 0.700 bits per heavy atom. The molecular formula is C37H48F2O. The number of hydrogen-bond donors (Lipinski definition) is 0. The first-order chi connectivity index (χ1) is 19.3. The lowest BCUT2D eigenvalue weighted by Gasteiger charge is -2.31. The first-order valence-corrected chi connectivity index (χ1v) is 15.7. The maximum Gasteiger partial charge on any atom is 0.167 e. The van der Waals surface area contributed by atoms with Crippen LogP contribution in [0.15, 0.2) is 48.5 Å². The summed E-state index contributed by atoms with van der Waals surface area (Å²) >= 11 is 0. The van der Waals surface area contributed by atoms with E-state index in [4.69, 9.17) is 4.74 Å². The Morgan fingerprint density at radius 2 is 1.20 bits per heavy atom. The summed E-state index contributed by atoms with van der Waals surface area (Å²) in [4.78, 5) is 0. The van der Waals surface area contributed by atoms with E-state index in [9.17, 15) is 0 Å². The number of hydrogen-bond acceptors (Lipinski definition) is 1. The molecule has 1 fully saturated rings. The van der Waals surface area contributed by atoms with Gasteiger partial charge in [-0.3, -0.25) is 0 Å². The zero-order valence-electron chi connectivity index (χ0n) is 25.5. The van der Waals surface area contributed by atoms with Crippen LogP contribution < -0.4 is 4.74 Å². The van der Waals surface area contributed by atoms with E-state index in [0.717, 1.165) is 60.5 Å². The van der Waals surface area contributed by atoms with Crippen molar-refractivity contribution in [3.05, 3.63) is 76.9 Å². The third kappa shape index (κ3) is 6.29. The second kappa shape index (κ2) is 13.3. The Hall–Kier alpha value is -2.68. The maximum atomic E-state index is 15.6. The summed E-state index contributed by atoms with van der Waals surface area (Å²) in [6.45, 7) is 13.9. The Balaban J connectivity index is 1.62. The molecule has 0 heterocycles. The predicted molar refractivity (Wildman–Crippen MR) is 165 cm³/mol. The molecule has 0 N–H and O–H groups in total.